The first-order valence-corrected chi connectivity index (χ1v) is 8.67. The number of alkyl halides is 3. The van der Waals surface area contributed by atoms with Crippen molar-refractivity contribution in [3.8, 4) is 5.75 Å². The Kier molecular flexibility index (Phi) is 7.01. The molecule has 2 unspecified atom stereocenters. The van der Waals surface area contributed by atoms with Crippen LogP contribution in [0.1, 0.15) is 37.4 Å². The third-order valence-corrected chi connectivity index (χ3v) is 4.19. The van der Waals surface area contributed by atoms with Gasteiger partial charge in [0.25, 0.3) is 0 Å². The molecule has 0 saturated heterocycles. The smallest absolute Gasteiger partial charge is 0.418 e. The number of ether oxygens (including phenoxy) is 1. The molecule has 1 amide bonds. The summed E-state index contributed by atoms with van der Waals surface area (Å²) in [6.07, 6.45) is -4.62. The van der Waals surface area contributed by atoms with Crippen molar-refractivity contribution in [1.29, 1.82) is 0 Å². The van der Waals surface area contributed by atoms with Gasteiger partial charge in [-0.25, -0.2) is 4.39 Å². The van der Waals surface area contributed by atoms with Crippen molar-refractivity contribution < 1.29 is 27.1 Å². The number of amides is 1. The molecule has 2 atom stereocenters. The summed E-state index contributed by atoms with van der Waals surface area (Å²) in [7, 11) is 1.47. The summed E-state index contributed by atoms with van der Waals surface area (Å²) in [5, 5.41) is 5.44. The summed E-state index contributed by atoms with van der Waals surface area (Å²) in [5.74, 6) is -0.481. The maximum absolute atomic E-state index is 13.5. The van der Waals surface area contributed by atoms with Crippen LogP contribution in [0.5, 0.6) is 5.75 Å². The number of benzene rings is 2. The molecule has 0 aliphatic carbocycles. The van der Waals surface area contributed by atoms with E-state index in [1.807, 2.05) is 0 Å². The first-order chi connectivity index (χ1) is 13.1. The van der Waals surface area contributed by atoms with Crippen LogP contribution < -0.4 is 15.4 Å². The zero-order chi connectivity index (χ0) is 20.9. The number of rotatable bonds is 7. The molecule has 0 fully saturated rings. The van der Waals surface area contributed by atoms with E-state index in [0.29, 0.717) is 11.3 Å². The van der Waals surface area contributed by atoms with Crippen molar-refractivity contribution >= 4 is 11.6 Å². The monoisotopic (exact) mass is 398 g/mol. The maximum atomic E-state index is 13.5. The Balaban J connectivity index is 2.01. The van der Waals surface area contributed by atoms with Gasteiger partial charge >= 0.3 is 6.18 Å². The topological polar surface area (TPSA) is 50.4 Å². The summed E-state index contributed by atoms with van der Waals surface area (Å²) in [5.41, 5.74) is -0.606. The molecule has 4 nitrogen and oxygen atoms in total. The van der Waals surface area contributed by atoms with Gasteiger partial charge in [0.2, 0.25) is 5.91 Å². The van der Waals surface area contributed by atoms with E-state index in [0.717, 1.165) is 6.07 Å². The summed E-state index contributed by atoms with van der Waals surface area (Å²) in [4.78, 5) is 12.2. The van der Waals surface area contributed by atoms with Crippen LogP contribution in [0.4, 0.5) is 23.2 Å². The first kappa shape index (κ1) is 21.7. The Morgan fingerprint density at radius 3 is 2.46 bits per heavy atom. The number of methoxy groups -OCH3 is 1. The van der Waals surface area contributed by atoms with Crippen LogP contribution in [0.15, 0.2) is 42.5 Å². The van der Waals surface area contributed by atoms with Gasteiger partial charge in [0.05, 0.1) is 18.4 Å². The van der Waals surface area contributed by atoms with Gasteiger partial charge in [-0.05, 0) is 44.2 Å². The molecule has 2 aromatic rings. The van der Waals surface area contributed by atoms with Crippen LogP contribution in [-0.4, -0.2) is 19.1 Å². The molecule has 2 aromatic carbocycles. The number of nitrogens with one attached hydrogen (secondary N) is 2. The van der Waals surface area contributed by atoms with E-state index in [-0.39, 0.29) is 24.2 Å². The zero-order valence-electron chi connectivity index (χ0n) is 15.7. The van der Waals surface area contributed by atoms with Gasteiger partial charge in [0, 0.05) is 24.1 Å². The fourth-order valence-corrected chi connectivity index (χ4v) is 2.94. The largest absolute Gasteiger partial charge is 0.496 e. The third kappa shape index (κ3) is 5.69. The van der Waals surface area contributed by atoms with Gasteiger partial charge in [-0.2, -0.15) is 13.2 Å². The molecule has 2 rings (SSSR count). The lowest BCUT2D eigenvalue weighted by atomic mass is 10.1. The van der Waals surface area contributed by atoms with E-state index in [1.165, 1.54) is 43.5 Å². The zero-order valence-corrected chi connectivity index (χ0v) is 15.7. The van der Waals surface area contributed by atoms with Crippen LogP contribution >= 0.6 is 0 Å². The second-order valence-electron chi connectivity index (χ2n) is 6.47. The summed E-state index contributed by atoms with van der Waals surface area (Å²) >= 11 is 0. The first-order valence-electron chi connectivity index (χ1n) is 8.67. The highest BCUT2D eigenvalue weighted by molar-refractivity contribution is 5.92. The predicted octanol–water partition coefficient (Wildman–Crippen LogP) is 4.92. The minimum absolute atomic E-state index is 0.0613. The molecule has 2 N–H and O–H groups in total. The quantitative estimate of drug-likeness (QED) is 0.651. The number of hydrogen-bond donors (Lipinski definition) is 2. The number of halogens is 4. The second kappa shape index (κ2) is 9.05. The van der Waals surface area contributed by atoms with Crippen LogP contribution in [0.3, 0.4) is 0 Å². The molecule has 0 aromatic heterocycles. The predicted molar refractivity (Wildman–Crippen MR) is 98.7 cm³/mol. The summed E-state index contributed by atoms with van der Waals surface area (Å²) in [6, 6.07) is 8.22. The van der Waals surface area contributed by atoms with E-state index < -0.39 is 23.5 Å². The molecular formula is C20H22F4N2O2. The highest BCUT2D eigenvalue weighted by Gasteiger charge is 2.33. The molecule has 28 heavy (non-hydrogen) atoms. The fraction of sp³-hybridized carbons (Fsp3) is 0.350. The Labute approximate surface area is 160 Å². The van der Waals surface area contributed by atoms with E-state index >= 15 is 0 Å². The minimum Gasteiger partial charge on any atom is -0.496 e. The van der Waals surface area contributed by atoms with E-state index in [1.54, 1.807) is 13.8 Å². The van der Waals surface area contributed by atoms with E-state index in [4.69, 9.17) is 4.74 Å². The molecule has 0 radical (unpaired) electrons. The van der Waals surface area contributed by atoms with Gasteiger partial charge in [0.1, 0.15) is 11.6 Å². The lowest BCUT2D eigenvalue weighted by Crippen LogP contribution is -2.33. The number of para-hydroxylation sites is 1. The second-order valence-corrected chi connectivity index (χ2v) is 6.47. The SMILES string of the molecule is COc1ccc(F)cc1C(C)NC(C)CC(=O)Nc1ccccc1C(F)(F)F. The van der Waals surface area contributed by atoms with Crippen molar-refractivity contribution in [1.82, 2.24) is 5.32 Å². The van der Waals surface area contributed by atoms with Crippen LogP contribution in [0.25, 0.3) is 0 Å². The lowest BCUT2D eigenvalue weighted by molar-refractivity contribution is -0.137. The number of hydrogen-bond acceptors (Lipinski definition) is 3. The molecule has 0 spiro atoms. The molecule has 0 aliphatic rings. The molecule has 0 saturated carbocycles. The molecular weight excluding hydrogens is 376 g/mol. The van der Waals surface area contributed by atoms with Crippen LogP contribution in [-0.2, 0) is 11.0 Å². The molecule has 8 heteroatoms. The van der Waals surface area contributed by atoms with E-state index in [2.05, 4.69) is 10.6 Å². The number of carbonyl (C=O) groups is 1. The average molecular weight is 398 g/mol. The third-order valence-electron chi connectivity index (χ3n) is 4.19. The summed E-state index contributed by atoms with van der Waals surface area (Å²) < 4.78 is 57.8. The average Bonchev–Trinajstić information content (AvgIpc) is 2.60. The molecule has 152 valence electrons. The molecule has 0 heterocycles. The van der Waals surface area contributed by atoms with Gasteiger partial charge in [0.15, 0.2) is 0 Å². The van der Waals surface area contributed by atoms with Crippen molar-refractivity contribution in [3.63, 3.8) is 0 Å². The van der Waals surface area contributed by atoms with Crippen molar-refractivity contribution in [2.24, 2.45) is 0 Å². The van der Waals surface area contributed by atoms with Gasteiger partial charge in [-0.15, -0.1) is 0 Å². The molecule has 0 aliphatic heterocycles. The highest BCUT2D eigenvalue weighted by atomic mass is 19.4. The van der Waals surface area contributed by atoms with Crippen LogP contribution in [0, 0.1) is 5.82 Å². The number of anilines is 1. The van der Waals surface area contributed by atoms with Crippen molar-refractivity contribution in [3.05, 3.63) is 59.4 Å². The van der Waals surface area contributed by atoms with Crippen molar-refractivity contribution in [2.45, 2.75) is 38.5 Å². The minimum atomic E-state index is -4.56. The highest BCUT2D eigenvalue weighted by Crippen LogP contribution is 2.34. The summed E-state index contributed by atoms with van der Waals surface area (Å²) in [6.45, 7) is 3.50. The Bertz CT molecular complexity index is 824. The Morgan fingerprint density at radius 2 is 1.82 bits per heavy atom. The Morgan fingerprint density at radius 1 is 1.14 bits per heavy atom. The van der Waals surface area contributed by atoms with Gasteiger partial charge in [-0.3, -0.25) is 4.79 Å². The fourth-order valence-electron chi connectivity index (χ4n) is 2.94. The Hall–Kier alpha value is -2.61. The molecule has 0 bridgehead atoms. The van der Waals surface area contributed by atoms with Gasteiger partial charge < -0.3 is 15.4 Å². The standard InChI is InChI=1S/C20H22F4N2O2/c1-12(25-13(2)15-11-14(21)8-9-18(15)28-3)10-19(27)26-17-7-5-4-6-16(17)20(22,23)24/h4-9,11-13,25H,10H2,1-3H3,(H,26,27). The maximum Gasteiger partial charge on any atom is 0.418 e. The van der Waals surface area contributed by atoms with Crippen LogP contribution in [0.2, 0.25) is 0 Å². The number of carbonyl (C=O) groups excluding carboxylic acids is 1. The van der Waals surface area contributed by atoms with Crippen molar-refractivity contribution in [2.75, 3.05) is 12.4 Å². The van der Waals surface area contributed by atoms with E-state index in [9.17, 15) is 22.4 Å². The normalized spacial score (nSPS) is 13.7. The lowest BCUT2D eigenvalue weighted by Gasteiger charge is -2.22. The van der Waals surface area contributed by atoms with Gasteiger partial charge in [-0.1, -0.05) is 12.1 Å².